The van der Waals surface area contributed by atoms with Crippen LogP contribution in [0.2, 0.25) is 0 Å². The van der Waals surface area contributed by atoms with Crippen LogP contribution in [0.1, 0.15) is 79.6 Å². The minimum Gasteiger partial charge on any atom is -0.478 e. The van der Waals surface area contributed by atoms with Crippen molar-refractivity contribution in [2.75, 3.05) is 13.1 Å². The molecular weight excluding hydrogens is 460 g/mol. The van der Waals surface area contributed by atoms with E-state index < -0.39 is 11.4 Å². The van der Waals surface area contributed by atoms with Crippen LogP contribution in [-0.4, -0.2) is 46.9 Å². The molecule has 0 radical (unpaired) electrons. The fraction of sp³-hybridized carbons (Fsp3) is 0.536. The molecule has 0 spiro atoms. The van der Waals surface area contributed by atoms with E-state index in [0.717, 1.165) is 25.7 Å². The van der Waals surface area contributed by atoms with Gasteiger partial charge in [0.15, 0.2) is 0 Å². The maximum Gasteiger partial charge on any atom is 0.335 e. The molecule has 4 rings (SSSR count). The summed E-state index contributed by atoms with van der Waals surface area (Å²) in [5.74, 6) is -0.936. The second-order valence-corrected chi connectivity index (χ2v) is 10.7. The summed E-state index contributed by atoms with van der Waals surface area (Å²) >= 11 is 1.82. The molecule has 2 heterocycles. The van der Waals surface area contributed by atoms with Crippen molar-refractivity contribution < 1.29 is 19.5 Å². The van der Waals surface area contributed by atoms with E-state index in [2.05, 4.69) is 29.8 Å². The second-order valence-electron chi connectivity index (χ2n) is 9.67. The lowest BCUT2D eigenvalue weighted by molar-refractivity contribution is -0.140. The minimum atomic E-state index is -0.973. The number of carbonyl (C=O) groups excluding carboxylic acids is 2. The number of nitrogens with zero attached hydrogens (tertiary/aromatic N) is 1. The normalized spacial score (nSPS) is 17.7. The molecule has 1 aromatic carbocycles. The van der Waals surface area contributed by atoms with E-state index in [4.69, 9.17) is 0 Å². The summed E-state index contributed by atoms with van der Waals surface area (Å²) in [5.41, 5.74) is 0.265. The van der Waals surface area contributed by atoms with Gasteiger partial charge in [0.1, 0.15) is 0 Å². The zero-order valence-electron chi connectivity index (χ0n) is 20.9. The maximum atomic E-state index is 13.4. The number of likely N-dealkylation sites (tertiary alicyclic amines) is 1. The Hall–Kier alpha value is -2.67. The third-order valence-corrected chi connectivity index (χ3v) is 8.31. The topological polar surface area (TPSA) is 86.7 Å². The number of thiophene rings is 1. The van der Waals surface area contributed by atoms with E-state index in [0.29, 0.717) is 37.9 Å². The standard InChI is InChI=1S/C22H30N2O4.C6H8S/c1-16(25)24-13-11-22(12-14-24,21(28)23-18-8-3-2-4-9-18)15-17-7-5-6-10-19(17)20(26)27;1-2-6-4-3-5-7-6/h5-7,10,18H,2-4,8-9,11-15H2,1H3,(H,23,28)(H,26,27);3-5H,2H2,1H3. The summed E-state index contributed by atoms with van der Waals surface area (Å²) in [6.45, 7) is 4.78. The number of carboxylic acids is 1. The highest BCUT2D eigenvalue weighted by molar-refractivity contribution is 7.09. The number of hydrogen-bond acceptors (Lipinski definition) is 4. The smallest absolute Gasteiger partial charge is 0.335 e. The Labute approximate surface area is 212 Å². The summed E-state index contributed by atoms with van der Waals surface area (Å²) in [5, 5.41) is 14.9. The SMILES string of the molecule is CC(=O)N1CCC(Cc2ccccc2C(=O)O)(C(=O)NC2CCCCC2)CC1.CCc1cccs1. The van der Waals surface area contributed by atoms with Gasteiger partial charge in [0.2, 0.25) is 11.8 Å². The van der Waals surface area contributed by atoms with Crippen molar-refractivity contribution in [3.8, 4) is 0 Å². The van der Waals surface area contributed by atoms with Gasteiger partial charge in [-0.25, -0.2) is 4.79 Å². The van der Waals surface area contributed by atoms with E-state index in [-0.39, 0.29) is 23.4 Å². The molecule has 2 N–H and O–H groups in total. The molecule has 0 atom stereocenters. The molecule has 1 aliphatic heterocycles. The molecule has 1 saturated heterocycles. The van der Waals surface area contributed by atoms with Gasteiger partial charge < -0.3 is 15.3 Å². The third kappa shape index (κ3) is 7.40. The van der Waals surface area contributed by atoms with E-state index in [1.165, 1.54) is 17.7 Å². The average Bonchev–Trinajstić information content (AvgIpc) is 3.40. The van der Waals surface area contributed by atoms with E-state index in [1.54, 1.807) is 30.0 Å². The minimum absolute atomic E-state index is 0.0165. The Bertz CT molecular complexity index is 975. The van der Waals surface area contributed by atoms with E-state index in [9.17, 15) is 19.5 Å². The van der Waals surface area contributed by atoms with Crippen molar-refractivity contribution in [1.82, 2.24) is 10.2 Å². The van der Waals surface area contributed by atoms with Crippen molar-refractivity contribution in [2.24, 2.45) is 5.41 Å². The number of nitrogens with one attached hydrogen (secondary N) is 1. The summed E-state index contributed by atoms with van der Waals surface area (Å²) in [4.78, 5) is 40.0. The molecule has 0 bridgehead atoms. The van der Waals surface area contributed by atoms with Crippen molar-refractivity contribution >= 4 is 29.1 Å². The van der Waals surface area contributed by atoms with Crippen LogP contribution >= 0.6 is 11.3 Å². The Morgan fingerprint density at radius 3 is 2.29 bits per heavy atom. The number of carbonyl (C=O) groups is 3. The number of aryl methyl sites for hydroxylation is 1. The van der Waals surface area contributed by atoms with Gasteiger partial charge >= 0.3 is 5.97 Å². The monoisotopic (exact) mass is 498 g/mol. The summed E-state index contributed by atoms with van der Waals surface area (Å²) in [6.07, 6.45) is 8.18. The van der Waals surface area contributed by atoms with Gasteiger partial charge in [-0.1, -0.05) is 50.5 Å². The van der Waals surface area contributed by atoms with Gasteiger partial charge in [-0.05, 0) is 61.6 Å². The Morgan fingerprint density at radius 1 is 1.06 bits per heavy atom. The highest BCUT2D eigenvalue weighted by Crippen LogP contribution is 2.37. The Kier molecular flexibility index (Phi) is 9.90. The first-order valence-corrected chi connectivity index (χ1v) is 13.6. The van der Waals surface area contributed by atoms with Gasteiger partial charge in [0, 0.05) is 30.9 Å². The molecule has 6 nitrogen and oxygen atoms in total. The molecule has 7 heteroatoms. The highest BCUT2D eigenvalue weighted by Gasteiger charge is 2.43. The van der Waals surface area contributed by atoms with Gasteiger partial charge in [-0.3, -0.25) is 9.59 Å². The molecule has 2 aromatic rings. The van der Waals surface area contributed by atoms with Gasteiger partial charge in [0.05, 0.1) is 11.0 Å². The maximum absolute atomic E-state index is 13.4. The lowest BCUT2D eigenvalue weighted by Gasteiger charge is -2.41. The molecule has 2 aliphatic rings. The zero-order chi connectivity index (χ0) is 25.3. The number of aromatic carboxylic acids is 1. The molecule has 2 amide bonds. The first-order valence-electron chi connectivity index (χ1n) is 12.7. The Morgan fingerprint density at radius 2 is 1.74 bits per heavy atom. The van der Waals surface area contributed by atoms with E-state index in [1.807, 2.05) is 17.4 Å². The lowest BCUT2D eigenvalue weighted by Crippen LogP contribution is -2.53. The van der Waals surface area contributed by atoms with Crippen LogP contribution in [0.5, 0.6) is 0 Å². The van der Waals surface area contributed by atoms with Crippen molar-refractivity contribution in [2.45, 2.75) is 77.7 Å². The molecule has 190 valence electrons. The largest absolute Gasteiger partial charge is 0.478 e. The van der Waals surface area contributed by atoms with E-state index >= 15 is 0 Å². The van der Waals surface area contributed by atoms with Crippen LogP contribution in [0.15, 0.2) is 41.8 Å². The molecule has 2 fully saturated rings. The number of carboxylic acid groups (broad SMARTS) is 1. The van der Waals surface area contributed by atoms with Crippen molar-refractivity contribution in [1.29, 1.82) is 0 Å². The quantitative estimate of drug-likeness (QED) is 0.565. The highest BCUT2D eigenvalue weighted by atomic mass is 32.1. The summed E-state index contributed by atoms with van der Waals surface area (Å²) in [6, 6.07) is 11.4. The summed E-state index contributed by atoms with van der Waals surface area (Å²) in [7, 11) is 0. The fourth-order valence-corrected chi connectivity index (χ4v) is 5.74. The molecule has 1 aliphatic carbocycles. The van der Waals surface area contributed by atoms with Crippen molar-refractivity contribution in [3.05, 3.63) is 57.8 Å². The summed E-state index contributed by atoms with van der Waals surface area (Å²) < 4.78 is 0. The number of rotatable bonds is 6. The van der Waals surface area contributed by atoms with Crippen LogP contribution in [-0.2, 0) is 22.4 Å². The van der Waals surface area contributed by atoms with Crippen LogP contribution < -0.4 is 5.32 Å². The molecule has 1 saturated carbocycles. The van der Waals surface area contributed by atoms with Gasteiger partial charge in [0.25, 0.3) is 0 Å². The number of piperidine rings is 1. The number of benzene rings is 1. The van der Waals surface area contributed by atoms with Crippen molar-refractivity contribution in [3.63, 3.8) is 0 Å². The Balaban J connectivity index is 0.000000420. The molecular formula is C28H38N2O4S. The lowest BCUT2D eigenvalue weighted by atomic mass is 9.72. The van der Waals surface area contributed by atoms with Gasteiger partial charge in [-0.2, -0.15) is 0 Å². The third-order valence-electron chi connectivity index (χ3n) is 7.29. The van der Waals surface area contributed by atoms with Crippen LogP contribution in [0.25, 0.3) is 0 Å². The van der Waals surface area contributed by atoms with Crippen LogP contribution in [0.3, 0.4) is 0 Å². The molecule has 1 aromatic heterocycles. The average molecular weight is 499 g/mol. The van der Waals surface area contributed by atoms with Gasteiger partial charge in [-0.15, -0.1) is 11.3 Å². The number of amides is 2. The first kappa shape index (κ1) is 26.9. The fourth-order valence-electron chi connectivity index (χ4n) is 5.08. The van der Waals surface area contributed by atoms with Crippen LogP contribution in [0.4, 0.5) is 0 Å². The van der Waals surface area contributed by atoms with Crippen LogP contribution in [0, 0.1) is 5.41 Å². The zero-order valence-corrected chi connectivity index (χ0v) is 21.7. The predicted molar refractivity (Wildman–Crippen MR) is 140 cm³/mol. The first-order chi connectivity index (χ1) is 16.8. The second kappa shape index (κ2) is 12.9. The predicted octanol–water partition coefficient (Wildman–Crippen LogP) is 5.32. The molecule has 0 unspecified atom stereocenters. The molecule has 35 heavy (non-hydrogen) atoms. The number of hydrogen-bond donors (Lipinski definition) is 2.